The Hall–Kier alpha value is -2.37. The summed E-state index contributed by atoms with van der Waals surface area (Å²) in [5.41, 5.74) is 1.52. The Morgan fingerprint density at radius 2 is 2.10 bits per heavy atom. The number of nitrogens with one attached hydrogen (secondary N) is 1. The third-order valence-corrected chi connectivity index (χ3v) is 3.04. The summed E-state index contributed by atoms with van der Waals surface area (Å²) in [6, 6.07) is 7.51. The third kappa shape index (κ3) is 3.14. The lowest BCUT2D eigenvalue weighted by Crippen LogP contribution is -2.37. The van der Waals surface area contributed by atoms with Gasteiger partial charge < -0.3 is 10.0 Å². The smallest absolute Gasteiger partial charge is 0.323 e. The zero-order valence-electron chi connectivity index (χ0n) is 11.3. The number of aromatic amines is 1. The van der Waals surface area contributed by atoms with Crippen molar-refractivity contribution in [2.24, 2.45) is 0 Å². The number of amides is 1. The van der Waals surface area contributed by atoms with E-state index in [1.807, 2.05) is 31.2 Å². The largest absolute Gasteiger partial charge is 0.480 e. The number of aliphatic carboxylic acids is 1. The van der Waals surface area contributed by atoms with Crippen LogP contribution in [-0.4, -0.2) is 45.2 Å². The zero-order valence-corrected chi connectivity index (χ0v) is 11.3. The molecule has 0 spiro atoms. The molecule has 2 N–H and O–H groups in total. The van der Waals surface area contributed by atoms with Crippen molar-refractivity contribution in [1.82, 2.24) is 15.1 Å². The summed E-state index contributed by atoms with van der Waals surface area (Å²) in [5, 5.41) is 16.7. The molecule has 0 saturated carbocycles. The first-order valence-electron chi connectivity index (χ1n) is 6.53. The summed E-state index contributed by atoms with van der Waals surface area (Å²) < 4.78 is 0. The van der Waals surface area contributed by atoms with Crippen LogP contribution in [0.3, 0.4) is 0 Å². The number of carbonyl (C=O) groups excluding carboxylic acids is 1. The molecule has 0 bridgehead atoms. The normalized spacial score (nSPS) is 10.7. The average molecular weight is 275 g/mol. The van der Waals surface area contributed by atoms with E-state index >= 15 is 0 Å². The van der Waals surface area contributed by atoms with Gasteiger partial charge in [-0.1, -0.05) is 25.1 Å². The number of carbonyl (C=O) groups is 2. The van der Waals surface area contributed by atoms with Crippen LogP contribution in [-0.2, 0) is 16.0 Å². The van der Waals surface area contributed by atoms with Gasteiger partial charge in [0.05, 0.1) is 17.6 Å². The summed E-state index contributed by atoms with van der Waals surface area (Å²) in [6.07, 6.45) is 0.858. The molecule has 0 atom stereocenters. The van der Waals surface area contributed by atoms with Gasteiger partial charge in [-0.3, -0.25) is 14.7 Å². The fraction of sp³-hybridized carbons (Fsp3) is 0.357. The van der Waals surface area contributed by atoms with E-state index in [0.717, 1.165) is 23.0 Å². The molecule has 2 rings (SSSR count). The molecule has 0 unspecified atom stereocenters. The number of hydrogen-bond donors (Lipinski definition) is 2. The van der Waals surface area contributed by atoms with Crippen molar-refractivity contribution in [3.05, 3.63) is 30.0 Å². The number of para-hydroxylation sites is 1. The summed E-state index contributed by atoms with van der Waals surface area (Å²) in [5.74, 6) is -1.20. The van der Waals surface area contributed by atoms with Crippen LogP contribution in [0.2, 0.25) is 0 Å². The summed E-state index contributed by atoms with van der Waals surface area (Å²) in [7, 11) is 0. The topological polar surface area (TPSA) is 86.3 Å². The van der Waals surface area contributed by atoms with E-state index in [1.165, 1.54) is 4.90 Å². The second kappa shape index (κ2) is 6.18. The van der Waals surface area contributed by atoms with Gasteiger partial charge in [0.1, 0.15) is 6.54 Å². The van der Waals surface area contributed by atoms with Gasteiger partial charge in [0.25, 0.3) is 0 Å². The first-order chi connectivity index (χ1) is 9.61. The fourth-order valence-corrected chi connectivity index (χ4v) is 2.14. The van der Waals surface area contributed by atoms with E-state index in [9.17, 15) is 9.59 Å². The molecular formula is C14H17N3O3. The maximum Gasteiger partial charge on any atom is 0.323 e. The van der Waals surface area contributed by atoms with Gasteiger partial charge >= 0.3 is 5.97 Å². The number of nitrogens with zero attached hydrogens (tertiary/aromatic N) is 2. The highest BCUT2D eigenvalue weighted by Gasteiger charge is 2.18. The Balaban J connectivity index is 2.14. The Bertz CT molecular complexity index is 621. The van der Waals surface area contributed by atoms with Gasteiger partial charge in [-0.25, -0.2) is 0 Å². The van der Waals surface area contributed by atoms with E-state index in [-0.39, 0.29) is 18.9 Å². The minimum atomic E-state index is -0.999. The maximum atomic E-state index is 12.2. The number of H-pyrrole nitrogens is 1. The van der Waals surface area contributed by atoms with Crippen molar-refractivity contribution in [3.8, 4) is 0 Å². The van der Waals surface area contributed by atoms with Gasteiger partial charge in [-0.15, -0.1) is 0 Å². The number of aromatic nitrogens is 2. The summed E-state index contributed by atoms with van der Waals surface area (Å²) >= 11 is 0. The number of benzene rings is 1. The van der Waals surface area contributed by atoms with Crippen LogP contribution in [0.25, 0.3) is 10.9 Å². The molecule has 106 valence electrons. The van der Waals surface area contributed by atoms with E-state index in [2.05, 4.69) is 10.2 Å². The number of rotatable bonds is 6. The predicted octanol–water partition coefficient (Wildman–Crippen LogP) is 1.43. The highest BCUT2D eigenvalue weighted by Crippen LogP contribution is 2.16. The minimum absolute atomic E-state index is 0.133. The molecule has 0 aliphatic rings. The SMILES string of the molecule is CCCN(CC(=O)O)C(=O)Cc1[nH]nc2ccccc12. The molecule has 1 heterocycles. The molecule has 2 aromatic rings. The minimum Gasteiger partial charge on any atom is -0.480 e. The van der Waals surface area contributed by atoms with Crippen LogP contribution in [0, 0.1) is 0 Å². The zero-order chi connectivity index (χ0) is 14.5. The van der Waals surface area contributed by atoms with Crippen molar-refractivity contribution in [1.29, 1.82) is 0 Å². The van der Waals surface area contributed by atoms with Crippen LogP contribution >= 0.6 is 0 Å². The molecule has 0 fully saturated rings. The van der Waals surface area contributed by atoms with Crippen LogP contribution in [0.5, 0.6) is 0 Å². The average Bonchev–Trinajstić information content (AvgIpc) is 2.81. The Labute approximate surface area is 116 Å². The molecule has 20 heavy (non-hydrogen) atoms. The Kier molecular flexibility index (Phi) is 4.34. The highest BCUT2D eigenvalue weighted by atomic mass is 16.4. The van der Waals surface area contributed by atoms with Gasteiger partial charge in [0, 0.05) is 11.9 Å². The van der Waals surface area contributed by atoms with Crippen molar-refractivity contribution < 1.29 is 14.7 Å². The lowest BCUT2D eigenvalue weighted by molar-refractivity contribution is -0.144. The molecule has 0 aliphatic heterocycles. The van der Waals surface area contributed by atoms with E-state index in [1.54, 1.807) is 0 Å². The first-order valence-corrected chi connectivity index (χ1v) is 6.53. The second-order valence-electron chi connectivity index (χ2n) is 4.61. The van der Waals surface area contributed by atoms with Crippen molar-refractivity contribution in [2.75, 3.05) is 13.1 Å². The number of carboxylic acid groups (broad SMARTS) is 1. The molecule has 1 aromatic heterocycles. The monoisotopic (exact) mass is 275 g/mol. The quantitative estimate of drug-likeness (QED) is 0.835. The number of hydrogen-bond acceptors (Lipinski definition) is 3. The second-order valence-corrected chi connectivity index (χ2v) is 4.61. The van der Waals surface area contributed by atoms with Crippen molar-refractivity contribution in [3.63, 3.8) is 0 Å². The van der Waals surface area contributed by atoms with Gasteiger partial charge in [0.2, 0.25) is 5.91 Å². The Morgan fingerprint density at radius 3 is 2.80 bits per heavy atom. The molecule has 6 heteroatoms. The summed E-state index contributed by atoms with van der Waals surface area (Å²) in [4.78, 5) is 24.3. The highest BCUT2D eigenvalue weighted by molar-refractivity contribution is 5.88. The first kappa shape index (κ1) is 14.0. The molecule has 1 aromatic carbocycles. The summed E-state index contributed by atoms with van der Waals surface area (Å²) in [6.45, 7) is 2.09. The predicted molar refractivity (Wildman–Crippen MR) is 74.3 cm³/mol. The fourth-order valence-electron chi connectivity index (χ4n) is 2.14. The van der Waals surface area contributed by atoms with E-state index < -0.39 is 5.97 Å². The van der Waals surface area contributed by atoms with Crippen molar-refractivity contribution >= 4 is 22.8 Å². The maximum absolute atomic E-state index is 12.2. The molecular weight excluding hydrogens is 258 g/mol. The lowest BCUT2D eigenvalue weighted by atomic mass is 10.1. The van der Waals surface area contributed by atoms with Gasteiger partial charge in [-0.2, -0.15) is 5.10 Å². The third-order valence-electron chi connectivity index (χ3n) is 3.04. The standard InChI is InChI=1S/C14H17N3O3/c1-2-7-17(9-14(19)20)13(18)8-12-10-5-3-4-6-11(10)15-16-12/h3-6H,2,7-9H2,1H3,(H,15,16)(H,19,20). The van der Waals surface area contributed by atoms with Crippen molar-refractivity contribution in [2.45, 2.75) is 19.8 Å². The molecule has 6 nitrogen and oxygen atoms in total. The molecule has 1 amide bonds. The van der Waals surface area contributed by atoms with Gasteiger partial charge in [-0.05, 0) is 12.5 Å². The van der Waals surface area contributed by atoms with Gasteiger partial charge in [0.15, 0.2) is 0 Å². The molecule has 0 saturated heterocycles. The number of fused-ring (bicyclic) bond motifs is 1. The van der Waals surface area contributed by atoms with Crippen LogP contribution < -0.4 is 0 Å². The number of carboxylic acids is 1. The molecule has 0 aliphatic carbocycles. The van der Waals surface area contributed by atoms with E-state index in [4.69, 9.17) is 5.11 Å². The Morgan fingerprint density at radius 1 is 1.35 bits per heavy atom. The van der Waals surface area contributed by atoms with Crippen LogP contribution in [0.1, 0.15) is 19.0 Å². The lowest BCUT2D eigenvalue weighted by Gasteiger charge is -2.19. The van der Waals surface area contributed by atoms with E-state index in [0.29, 0.717) is 6.54 Å². The van der Waals surface area contributed by atoms with Crippen LogP contribution in [0.4, 0.5) is 0 Å². The molecule has 0 radical (unpaired) electrons. The van der Waals surface area contributed by atoms with Crippen LogP contribution in [0.15, 0.2) is 24.3 Å².